The van der Waals surface area contributed by atoms with Crippen LogP contribution in [0.4, 0.5) is 9.80 Å². The van der Waals surface area contributed by atoms with Crippen LogP contribution in [0.2, 0.25) is 0 Å². The molecule has 8 nitrogen and oxygen atoms in total. The van der Waals surface area contributed by atoms with E-state index in [-0.39, 0.29) is 23.8 Å². The summed E-state index contributed by atoms with van der Waals surface area (Å²) in [7, 11) is 5.73. The van der Waals surface area contributed by atoms with Gasteiger partial charge in [-0.2, -0.15) is 5.26 Å². The predicted molar refractivity (Wildman–Crippen MR) is 130 cm³/mol. The Morgan fingerprint density at radius 3 is 2.62 bits per heavy atom. The molecule has 2 rings (SSSR count). The first-order chi connectivity index (χ1) is 15.0. The largest absolute Gasteiger partial charge is 0.389 e. The summed E-state index contributed by atoms with van der Waals surface area (Å²) in [6, 6.07) is 1.89. The molecule has 0 saturated carbocycles. The maximum absolute atomic E-state index is 13.4. The minimum Gasteiger partial charge on any atom is -0.389 e. The molecule has 1 aromatic rings. The summed E-state index contributed by atoms with van der Waals surface area (Å²) in [5.41, 5.74) is 7.22. The summed E-state index contributed by atoms with van der Waals surface area (Å²) in [6.07, 6.45) is 3.27. The second-order valence-corrected chi connectivity index (χ2v) is 10.7. The number of amides is 3. The lowest BCUT2D eigenvalue weighted by Crippen LogP contribution is -2.56. The number of carbonyl (C=O) groups is 2. The van der Waals surface area contributed by atoms with Crippen LogP contribution in [0, 0.1) is 23.2 Å². The molecule has 0 fully saturated rings. The summed E-state index contributed by atoms with van der Waals surface area (Å²) in [6.45, 7) is 7.22. The Morgan fingerprint density at radius 1 is 1.38 bits per heavy atom. The van der Waals surface area contributed by atoms with Crippen molar-refractivity contribution in [3.8, 4) is 6.07 Å². The molecule has 2 unspecified atom stereocenters. The first-order valence-corrected chi connectivity index (χ1v) is 12.1. The van der Waals surface area contributed by atoms with Gasteiger partial charge in [-0.05, 0) is 79.1 Å². The van der Waals surface area contributed by atoms with Crippen molar-refractivity contribution < 1.29 is 9.59 Å². The lowest BCUT2D eigenvalue weighted by Gasteiger charge is -2.34. The summed E-state index contributed by atoms with van der Waals surface area (Å²) >= 11 is 1.51. The van der Waals surface area contributed by atoms with E-state index in [9.17, 15) is 14.9 Å². The third-order valence-corrected chi connectivity index (χ3v) is 7.02. The number of imide groups is 1. The van der Waals surface area contributed by atoms with Gasteiger partial charge >= 0.3 is 6.03 Å². The number of aryl methyl sites for hydroxylation is 1. The Balaban J connectivity index is 2.12. The van der Waals surface area contributed by atoms with Crippen LogP contribution in [-0.2, 0) is 17.6 Å². The quantitative estimate of drug-likeness (QED) is 0.519. The van der Waals surface area contributed by atoms with Gasteiger partial charge in [-0.3, -0.25) is 9.69 Å². The standard InChI is InChI=1S/C23H38N6O2S/c1-7-29(22(31)27-23(2,3)14-28(5)6)21(30)16(13-26-4)10-15-8-9-19-17(11-15)18(12-24)20(25)32-19/h15-16,26H,7-11,13-14,25H2,1-6H3,(H,27,31). The number of likely N-dealkylation sites (N-methyl/N-ethyl adjacent to an activating group) is 1. The molecule has 1 heterocycles. The molecule has 0 aromatic carbocycles. The molecule has 1 aliphatic carbocycles. The lowest BCUT2D eigenvalue weighted by molar-refractivity contribution is -0.132. The molecule has 178 valence electrons. The first kappa shape index (κ1) is 26.1. The number of nitrogens with two attached hydrogens (primary N) is 1. The van der Waals surface area contributed by atoms with Gasteiger partial charge in [-0.15, -0.1) is 11.3 Å². The Hall–Kier alpha value is -2.15. The molecule has 32 heavy (non-hydrogen) atoms. The van der Waals surface area contributed by atoms with Crippen LogP contribution in [0.5, 0.6) is 0 Å². The van der Waals surface area contributed by atoms with Crippen molar-refractivity contribution in [3.63, 3.8) is 0 Å². The number of nitrogens with one attached hydrogen (secondary N) is 2. The van der Waals surface area contributed by atoms with Crippen molar-refractivity contribution in [3.05, 3.63) is 16.0 Å². The Kier molecular flexibility index (Phi) is 9.08. The Bertz CT molecular complexity index is 857. The van der Waals surface area contributed by atoms with Crippen LogP contribution in [0.15, 0.2) is 0 Å². The molecule has 9 heteroatoms. The molecular weight excluding hydrogens is 424 g/mol. The van der Waals surface area contributed by atoms with Gasteiger partial charge in [-0.1, -0.05) is 0 Å². The average molecular weight is 463 g/mol. The number of nitrogens with zero attached hydrogens (tertiary/aromatic N) is 3. The number of urea groups is 1. The van der Waals surface area contributed by atoms with Gasteiger partial charge in [0.2, 0.25) is 5.91 Å². The van der Waals surface area contributed by atoms with Crippen LogP contribution in [0.1, 0.15) is 49.6 Å². The van der Waals surface area contributed by atoms with Crippen molar-refractivity contribution in [1.29, 1.82) is 5.26 Å². The SMILES string of the molecule is CCN(C(=O)NC(C)(C)CN(C)C)C(=O)C(CNC)CC1CCc2sc(N)c(C#N)c2C1. The van der Waals surface area contributed by atoms with E-state index >= 15 is 0 Å². The van der Waals surface area contributed by atoms with Gasteiger partial charge < -0.3 is 21.3 Å². The van der Waals surface area contributed by atoms with Crippen molar-refractivity contribution in [2.45, 2.75) is 52.0 Å². The monoisotopic (exact) mass is 462 g/mol. The highest BCUT2D eigenvalue weighted by Gasteiger charge is 2.34. The molecule has 1 aromatic heterocycles. The van der Waals surface area contributed by atoms with Gasteiger partial charge in [0.15, 0.2) is 0 Å². The van der Waals surface area contributed by atoms with E-state index in [0.29, 0.717) is 36.6 Å². The third kappa shape index (κ3) is 6.44. The molecular formula is C23H38N6O2S. The number of carbonyl (C=O) groups excluding carboxylic acids is 2. The molecule has 0 radical (unpaired) electrons. The van der Waals surface area contributed by atoms with Gasteiger partial charge in [0.05, 0.1) is 11.5 Å². The topological polar surface area (TPSA) is 114 Å². The third-order valence-electron chi connectivity index (χ3n) is 5.90. The van der Waals surface area contributed by atoms with Crippen LogP contribution in [0.25, 0.3) is 0 Å². The molecule has 3 amide bonds. The van der Waals surface area contributed by atoms with Gasteiger partial charge in [0.25, 0.3) is 0 Å². The first-order valence-electron chi connectivity index (χ1n) is 11.3. The summed E-state index contributed by atoms with van der Waals surface area (Å²) in [5, 5.41) is 16.2. The smallest absolute Gasteiger partial charge is 0.324 e. The number of hydrogen-bond acceptors (Lipinski definition) is 7. The fourth-order valence-electron chi connectivity index (χ4n) is 4.73. The zero-order valence-electron chi connectivity index (χ0n) is 20.2. The highest BCUT2D eigenvalue weighted by molar-refractivity contribution is 7.16. The van der Waals surface area contributed by atoms with Crippen molar-refractivity contribution in [2.24, 2.45) is 11.8 Å². The van der Waals surface area contributed by atoms with Crippen LogP contribution in [-0.4, -0.2) is 68.1 Å². The van der Waals surface area contributed by atoms with Gasteiger partial charge in [0.1, 0.15) is 11.1 Å². The molecule has 0 saturated heterocycles. The highest BCUT2D eigenvalue weighted by atomic mass is 32.1. The van der Waals surface area contributed by atoms with Gasteiger partial charge in [-0.25, -0.2) is 4.79 Å². The van der Waals surface area contributed by atoms with E-state index in [2.05, 4.69) is 16.7 Å². The van der Waals surface area contributed by atoms with Crippen molar-refractivity contribution in [2.75, 3.05) is 46.5 Å². The second kappa shape index (κ2) is 11.1. The molecule has 4 N–H and O–H groups in total. The van der Waals surface area contributed by atoms with Crippen molar-refractivity contribution >= 4 is 28.3 Å². The summed E-state index contributed by atoms with van der Waals surface area (Å²) < 4.78 is 0. The van der Waals surface area contributed by atoms with Crippen LogP contribution in [0.3, 0.4) is 0 Å². The zero-order valence-corrected chi connectivity index (χ0v) is 21.1. The minimum absolute atomic E-state index is 0.156. The highest BCUT2D eigenvalue weighted by Crippen LogP contribution is 2.39. The molecule has 1 aliphatic rings. The minimum atomic E-state index is -0.459. The van der Waals surface area contributed by atoms with E-state index in [0.717, 1.165) is 24.8 Å². The summed E-state index contributed by atoms with van der Waals surface area (Å²) in [5.74, 6) is -0.190. The fourth-order valence-corrected chi connectivity index (χ4v) is 5.79. The van der Waals surface area contributed by atoms with E-state index in [4.69, 9.17) is 5.73 Å². The predicted octanol–water partition coefficient (Wildman–Crippen LogP) is 2.43. The summed E-state index contributed by atoms with van der Waals surface area (Å²) in [4.78, 5) is 30.9. The number of rotatable bonds is 9. The van der Waals surface area contributed by atoms with Crippen molar-refractivity contribution in [1.82, 2.24) is 20.4 Å². The van der Waals surface area contributed by atoms with Gasteiger partial charge in [0, 0.05) is 30.1 Å². The van der Waals surface area contributed by atoms with E-state index < -0.39 is 5.54 Å². The molecule has 0 bridgehead atoms. The molecule has 2 atom stereocenters. The van der Waals surface area contributed by atoms with Crippen LogP contribution < -0.4 is 16.4 Å². The number of hydrogen-bond donors (Lipinski definition) is 3. The fraction of sp³-hybridized carbons (Fsp3) is 0.696. The normalized spacial score (nSPS) is 16.9. The van der Waals surface area contributed by atoms with Crippen LogP contribution >= 0.6 is 11.3 Å². The lowest BCUT2D eigenvalue weighted by atomic mass is 9.80. The maximum Gasteiger partial charge on any atom is 0.324 e. The molecule has 0 aliphatic heterocycles. The number of fused-ring (bicyclic) bond motifs is 1. The Labute approximate surface area is 196 Å². The van der Waals surface area contributed by atoms with E-state index in [1.54, 1.807) is 0 Å². The number of nitrogen functional groups attached to an aromatic ring is 1. The number of thiophene rings is 1. The number of nitriles is 1. The molecule has 0 spiro atoms. The van der Waals surface area contributed by atoms with E-state index in [1.807, 2.05) is 46.8 Å². The van der Waals surface area contributed by atoms with E-state index in [1.165, 1.54) is 21.1 Å². The zero-order chi connectivity index (χ0) is 24.1. The number of anilines is 1. The maximum atomic E-state index is 13.4. The Morgan fingerprint density at radius 2 is 2.06 bits per heavy atom. The second-order valence-electron chi connectivity index (χ2n) is 9.59. The average Bonchev–Trinajstić information content (AvgIpc) is 3.00.